The van der Waals surface area contributed by atoms with E-state index in [0.29, 0.717) is 23.1 Å². The predicted octanol–water partition coefficient (Wildman–Crippen LogP) is -1.83. The smallest absolute Gasteiger partial charge is 0.242 e. The number of allylic oxidation sites excluding steroid dienone is 1. The number of aliphatic hydroxyl groups is 5. The average molecular weight is 788 g/mol. The summed E-state index contributed by atoms with van der Waals surface area (Å²) in [5.74, 6) is -3.06. The number of nitrogens with one attached hydrogen (secondary N) is 3. The van der Waals surface area contributed by atoms with Gasteiger partial charge in [-0.15, -0.1) is 0 Å². The summed E-state index contributed by atoms with van der Waals surface area (Å²) >= 11 is 0. The zero-order valence-corrected chi connectivity index (χ0v) is 30.2. The van der Waals surface area contributed by atoms with E-state index in [1.54, 1.807) is 24.3 Å². The van der Waals surface area contributed by atoms with E-state index >= 15 is 0 Å². The second-order valence-corrected chi connectivity index (χ2v) is 14.3. The second-order valence-electron chi connectivity index (χ2n) is 14.3. The van der Waals surface area contributed by atoms with Crippen molar-refractivity contribution in [2.45, 2.75) is 74.3 Å². The van der Waals surface area contributed by atoms with E-state index in [1.165, 1.54) is 30.5 Å². The van der Waals surface area contributed by atoms with Gasteiger partial charge in [-0.1, -0.05) is 24.3 Å². The van der Waals surface area contributed by atoms with Crippen LogP contribution in [0.15, 0.2) is 60.9 Å². The number of aliphatic hydroxyl groups excluding tert-OH is 5. The number of ketones is 2. The number of hydrogen-bond acceptors (Lipinski definition) is 17. The van der Waals surface area contributed by atoms with Gasteiger partial charge in [-0.05, 0) is 41.5 Å². The van der Waals surface area contributed by atoms with E-state index in [0.717, 1.165) is 0 Å². The van der Waals surface area contributed by atoms with Crippen LogP contribution in [0, 0.1) is 0 Å². The maximum Gasteiger partial charge on any atom is 0.242 e. The van der Waals surface area contributed by atoms with Crippen molar-refractivity contribution in [1.82, 2.24) is 16.0 Å². The van der Waals surface area contributed by atoms with Gasteiger partial charge in [-0.25, -0.2) is 0 Å². The summed E-state index contributed by atoms with van der Waals surface area (Å²) in [6.45, 7) is -1.05. The lowest BCUT2D eigenvalue weighted by Crippen LogP contribution is -2.70. The van der Waals surface area contributed by atoms with Crippen molar-refractivity contribution >= 4 is 29.4 Å². The number of anilines is 1. The number of fused-ring (bicyclic) bond motifs is 6. The van der Waals surface area contributed by atoms with Gasteiger partial charge in [0.2, 0.25) is 12.2 Å². The molecule has 3 fully saturated rings. The van der Waals surface area contributed by atoms with Gasteiger partial charge in [0, 0.05) is 40.3 Å². The topological polar surface area (TPSA) is 272 Å². The van der Waals surface area contributed by atoms with Crippen LogP contribution < -0.4 is 36.1 Å². The maximum atomic E-state index is 14.5. The van der Waals surface area contributed by atoms with Crippen LogP contribution in [0.5, 0.6) is 11.5 Å². The van der Waals surface area contributed by atoms with Crippen LogP contribution in [0.25, 0.3) is 0 Å². The van der Waals surface area contributed by atoms with Gasteiger partial charge in [0.05, 0.1) is 31.2 Å². The maximum absolute atomic E-state index is 14.5. The van der Waals surface area contributed by atoms with Crippen LogP contribution in [-0.4, -0.2) is 124 Å². The first kappa shape index (κ1) is 38.6. The fourth-order valence-electron chi connectivity index (χ4n) is 7.92. The Morgan fingerprint density at radius 3 is 2.58 bits per heavy atom. The van der Waals surface area contributed by atoms with Gasteiger partial charge >= 0.3 is 0 Å². The molecule has 5 aliphatic rings. The molecule has 4 heterocycles. The van der Waals surface area contributed by atoms with Crippen LogP contribution in [0.3, 0.4) is 0 Å². The fourth-order valence-corrected chi connectivity index (χ4v) is 7.92. The molecule has 4 aliphatic heterocycles. The predicted molar refractivity (Wildman–Crippen MR) is 196 cm³/mol. The van der Waals surface area contributed by atoms with E-state index in [4.69, 9.17) is 24.7 Å². The molecule has 0 radical (unpaired) electrons. The third-order valence-corrected chi connectivity index (χ3v) is 10.8. The molecule has 0 aromatic heterocycles. The highest BCUT2D eigenvalue weighted by atomic mass is 16.7. The molecule has 0 saturated carbocycles. The number of nitrogens with two attached hydrogens (primary N) is 1. The number of carbonyl (C=O) groups is 4. The molecule has 3 aromatic rings. The summed E-state index contributed by atoms with van der Waals surface area (Å²) in [7, 11) is 0. The summed E-state index contributed by atoms with van der Waals surface area (Å²) < 4.78 is 24.4. The Morgan fingerprint density at radius 1 is 0.982 bits per heavy atom. The van der Waals surface area contributed by atoms with Crippen LogP contribution in [0.4, 0.5) is 5.69 Å². The number of amides is 1. The van der Waals surface area contributed by atoms with Gasteiger partial charge in [-0.2, -0.15) is 0 Å². The third kappa shape index (κ3) is 6.83. The minimum absolute atomic E-state index is 0.0324. The molecule has 18 nitrogen and oxygen atoms in total. The van der Waals surface area contributed by atoms with Crippen molar-refractivity contribution < 1.29 is 63.7 Å². The average Bonchev–Trinajstić information content (AvgIpc) is 3.62. The van der Waals surface area contributed by atoms with Gasteiger partial charge in [0.15, 0.2) is 23.1 Å². The van der Waals surface area contributed by atoms with E-state index in [1.807, 2.05) is 11.0 Å². The van der Waals surface area contributed by atoms with E-state index < -0.39 is 86.0 Å². The van der Waals surface area contributed by atoms with Crippen molar-refractivity contribution in [2.75, 3.05) is 24.8 Å². The Hall–Kier alpha value is -5.28. The molecule has 10 atom stereocenters. The number of rotatable bonds is 8. The van der Waals surface area contributed by atoms with Gasteiger partial charge in [-0.3, -0.25) is 30.8 Å². The lowest BCUT2D eigenvalue weighted by atomic mass is 9.79. The minimum Gasteiger partial charge on any atom is -0.499 e. The first-order valence-corrected chi connectivity index (χ1v) is 18.3. The molecule has 0 spiro atoms. The Bertz CT molecular complexity index is 2130. The lowest BCUT2D eigenvalue weighted by Gasteiger charge is -2.40. The molecule has 10 N–H and O–H groups in total. The molecule has 8 rings (SSSR count). The number of aldehydes is 1. The Balaban J connectivity index is 1.37. The number of para-hydroxylation sites is 1. The molecule has 10 unspecified atom stereocenters. The molecule has 18 heteroatoms. The molecular formula is C39H41N5O13. The zero-order chi connectivity index (χ0) is 40.1. The van der Waals surface area contributed by atoms with Crippen molar-refractivity contribution in [3.63, 3.8) is 0 Å². The number of hydrogen-bond donors (Lipinski definition) is 9. The highest BCUT2D eigenvalue weighted by molar-refractivity contribution is 6.29. The third-order valence-electron chi connectivity index (χ3n) is 10.8. The summed E-state index contributed by atoms with van der Waals surface area (Å²) in [5, 5.41) is 62.5. The van der Waals surface area contributed by atoms with E-state index in [9.17, 15) is 44.7 Å². The number of carbonyl (C=O) groups excluding carboxylic acids is 4. The van der Waals surface area contributed by atoms with E-state index in [-0.39, 0.29) is 64.9 Å². The SMILES string of the molecule is NC1NC(=O)C2NCN(c3ccccc3C3C=COCC4OC(Oc5c3cc3c(c5OCC(O)CC=O)C(=O)c5cc(CO)ccc5C3=O)C(O)C(O)C4O)C2N1. The number of ether oxygens (including phenoxy) is 4. The van der Waals surface area contributed by atoms with Crippen LogP contribution in [-0.2, 0) is 25.7 Å². The van der Waals surface area contributed by atoms with E-state index in [2.05, 4.69) is 16.0 Å². The van der Waals surface area contributed by atoms with Crippen molar-refractivity contribution in [3.8, 4) is 11.5 Å². The molecule has 57 heavy (non-hydrogen) atoms. The lowest BCUT2D eigenvalue weighted by molar-refractivity contribution is -0.277. The molecule has 3 saturated heterocycles. The van der Waals surface area contributed by atoms with Crippen molar-refractivity contribution in [3.05, 3.63) is 99.8 Å². The minimum atomic E-state index is -1.85. The summed E-state index contributed by atoms with van der Waals surface area (Å²) in [6.07, 6.45) is -7.79. The highest BCUT2D eigenvalue weighted by Gasteiger charge is 2.48. The summed E-state index contributed by atoms with van der Waals surface area (Å²) in [6, 6.07) is 12.3. The van der Waals surface area contributed by atoms with Gasteiger partial charge in [0.25, 0.3) is 0 Å². The van der Waals surface area contributed by atoms with Crippen LogP contribution in [0.2, 0.25) is 0 Å². The first-order chi connectivity index (χ1) is 27.5. The molecule has 2 bridgehead atoms. The first-order valence-electron chi connectivity index (χ1n) is 18.3. The molecular weight excluding hydrogens is 746 g/mol. The fraction of sp³-hybridized carbons (Fsp3) is 0.385. The Kier molecular flexibility index (Phi) is 10.5. The normalized spacial score (nSPS) is 29.7. The van der Waals surface area contributed by atoms with Crippen molar-refractivity contribution in [2.24, 2.45) is 5.73 Å². The van der Waals surface area contributed by atoms with Crippen LogP contribution in [0.1, 0.15) is 60.9 Å². The van der Waals surface area contributed by atoms with Crippen LogP contribution >= 0.6 is 0 Å². The van der Waals surface area contributed by atoms with Crippen molar-refractivity contribution in [1.29, 1.82) is 0 Å². The number of nitrogens with zero attached hydrogens (tertiary/aromatic N) is 1. The standard InChI is InChI=1S/C39H41N5O13/c40-39-42-36-28(37(53)43-39)41-16-44(36)25-4-2-1-3-20(25)19-8-10-54-15-26-31(50)32(51)33(52)38(56-26)57-34-23(19)12-24-27(35(34)55-14-18(47)7-9-45)30(49)22-11-17(13-46)5-6-21(22)29(24)48/h1-6,8-12,18-19,26,28,31-33,36,38-39,41-42,46-47,50-52H,7,13-16,40H2,(H,43,53). The Morgan fingerprint density at radius 2 is 1.79 bits per heavy atom. The summed E-state index contributed by atoms with van der Waals surface area (Å²) in [5.41, 5.74) is 7.50. The summed E-state index contributed by atoms with van der Waals surface area (Å²) in [4.78, 5) is 55.1. The monoisotopic (exact) mass is 787 g/mol. The Labute approximate surface area is 324 Å². The quantitative estimate of drug-likeness (QED) is 0.0889. The molecule has 3 aromatic carbocycles. The second kappa shape index (κ2) is 15.6. The number of benzene rings is 3. The molecule has 1 amide bonds. The highest BCUT2D eigenvalue weighted by Crippen LogP contribution is 2.49. The molecule has 300 valence electrons. The van der Waals surface area contributed by atoms with Gasteiger partial charge in [0.1, 0.15) is 62.4 Å². The molecule has 1 aliphatic carbocycles. The zero-order valence-electron chi connectivity index (χ0n) is 30.2. The largest absolute Gasteiger partial charge is 0.499 e. The van der Waals surface area contributed by atoms with Gasteiger partial charge < -0.3 is 59.5 Å².